The van der Waals surface area contributed by atoms with Gasteiger partial charge in [-0.2, -0.15) is 9.97 Å². The van der Waals surface area contributed by atoms with Crippen molar-refractivity contribution >= 4 is 33.7 Å². The number of alkyl halides is 1. The maximum atomic E-state index is 16.1. The first-order chi connectivity index (χ1) is 22.8. The number of H-pyrrole nitrogens is 1. The van der Waals surface area contributed by atoms with E-state index in [-0.39, 0.29) is 46.5 Å². The van der Waals surface area contributed by atoms with Gasteiger partial charge in [0.05, 0.1) is 16.6 Å². The van der Waals surface area contributed by atoms with Crippen molar-refractivity contribution in [3.05, 3.63) is 52.3 Å². The predicted molar refractivity (Wildman–Crippen MR) is 174 cm³/mol. The van der Waals surface area contributed by atoms with Gasteiger partial charge in [-0.1, -0.05) is 12.1 Å². The SMILES string of the molecule is C[C@H]1CN(C(=O)OC(C)(C)C)CCN1c1nc(OC[C@@]23CCCN2C[C@H](F)C3)nc2nc(-c3[nH]c(=O)cc4cccc(F)c34)c(F)cc12. The summed E-state index contributed by atoms with van der Waals surface area (Å²) in [6.45, 7) is 9.63. The molecule has 0 saturated carbocycles. The van der Waals surface area contributed by atoms with Gasteiger partial charge < -0.3 is 24.3 Å². The Morgan fingerprint density at radius 2 is 1.90 bits per heavy atom. The summed E-state index contributed by atoms with van der Waals surface area (Å²) >= 11 is 0. The molecule has 4 aromatic rings. The number of benzene rings is 1. The summed E-state index contributed by atoms with van der Waals surface area (Å²) in [5.41, 5.74) is -2.00. The number of pyridine rings is 2. The number of amides is 1. The van der Waals surface area contributed by atoms with E-state index in [4.69, 9.17) is 14.5 Å². The normalized spacial score (nSPS) is 23.2. The second kappa shape index (κ2) is 11.9. The monoisotopic (exact) mass is 665 g/mol. The molecule has 0 aliphatic carbocycles. The maximum Gasteiger partial charge on any atom is 0.410 e. The molecule has 0 spiro atoms. The van der Waals surface area contributed by atoms with Crippen LogP contribution in [0.2, 0.25) is 0 Å². The minimum atomic E-state index is -0.945. The number of aromatic amines is 1. The van der Waals surface area contributed by atoms with Crippen molar-refractivity contribution in [2.45, 2.75) is 70.3 Å². The number of nitrogens with one attached hydrogen (secondary N) is 1. The number of hydrogen-bond donors (Lipinski definition) is 1. The zero-order valence-corrected chi connectivity index (χ0v) is 27.4. The van der Waals surface area contributed by atoms with Crippen LogP contribution in [0.15, 0.2) is 35.1 Å². The molecule has 7 rings (SSSR count). The van der Waals surface area contributed by atoms with Gasteiger partial charge in [0, 0.05) is 50.1 Å². The molecule has 0 bridgehead atoms. The standard InChI is InChI=1S/C34H38F3N7O4/c1-19-16-42(32(46)48-33(2,3)4)11-12-44(19)30-22-14-24(37)27(28-26-20(13-25(45)38-28)7-5-8-23(26)36)39-29(22)40-31(41-30)47-18-34-9-6-10-43(34)17-21(35)15-34/h5,7-8,13-14,19,21H,6,9-12,15-18H2,1-4H3,(H,38,45)/t19-,21+,34-/m0/s1. The van der Waals surface area contributed by atoms with Gasteiger partial charge in [-0.25, -0.2) is 22.9 Å². The van der Waals surface area contributed by atoms with E-state index >= 15 is 8.78 Å². The van der Waals surface area contributed by atoms with Crippen LogP contribution < -0.4 is 15.2 Å². The van der Waals surface area contributed by atoms with E-state index in [0.717, 1.165) is 19.4 Å². The molecule has 0 unspecified atom stereocenters. The first kappa shape index (κ1) is 32.1. The fraction of sp³-hybridized carbons (Fsp3) is 0.500. The van der Waals surface area contributed by atoms with Crippen LogP contribution in [-0.2, 0) is 4.74 Å². The van der Waals surface area contributed by atoms with Crippen LogP contribution in [0, 0.1) is 11.6 Å². The fourth-order valence-electron chi connectivity index (χ4n) is 7.33. The zero-order valence-electron chi connectivity index (χ0n) is 27.4. The minimum Gasteiger partial charge on any atom is -0.461 e. The molecule has 48 heavy (non-hydrogen) atoms. The Kier molecular flexibility index (Phi) is 7.96. The largest absolute Gasteiger partial charge is 0.461 e. The topological polar surface area (TPSA) is 117 Å². The highest BCUT2D eigenvalue weighted by Gasteiger charge is 2.49. The van der Waals surface area contributed by atoms with Crippen LogP contribution in [0.3, 0.4) is 0 Å². The summed E-state index contributed by atoms with van der Waals surface area (Å²) in [6, 6.07) is 6.44. The number of anilines is 1. The molecule has 1 amide bonds. The van der Waals surface area contributed by atoms with Gasteiger partial charge in [-0.05, 0) is 64.6 Å². The summed E-state index contributed by atoms with van der Waals surface area (Å²) in [5, 5.41) is 0.583. The van der Waals surface area contributed by atoms with Crippen molar-refractivity contribution in [3.8, 4) is 17.4 Å². The lowest BCUT2D eigenvalue weighted by Crippen LogP contribution is -2.55. The first-order valence-corrected chi connectivity index (χ1v) is 16.3. The van der Waals surface area contributed by atoms with Crippen molar-refractivity contribution in [1.29, 1.82) is 0 Å². The average molecular weight is 666 g/mol. The third-order valence-electron chi connectivity index (χ3n) is 9.45. The van der Waals surface area contributed by atoms with Crippen molar-refractivity contribution in [1.82, 2.24) is 29.7 Å². The van der Waals surface area contributed by atoms with Crippen LogP contribution in [0.4, 0.5) is 23.8 Å². The van der Waals surface area contributed by atoms with E-state index < -0.39 is 40.6 Å². The van der Waals surface area contributed by atoms with E-state index in [0.29, 0.717) is 43.8 Å². The second-order valence-electron chi connectivity index (χ2n) is 14.1. The second-order valence-corrected chi connectivity index (χ2v) is 14.1. The van der Waals surface area contributed by atoms with Crippen molar-refractivity contribution in [2.75, 3.05) is 44.2 Å². The molecule has 1 N–H and O–H groups in total. The summed E-state index contributed by atoms with van der Waals surface area (Å²) in [4.78, 5) is 47.5. The molecule has 254 valence electrons. The fourth-order valence-corrected chi connectivity index (χ4v) is 7.33. The van der Waals surface area contributed by atoms with Gasteiger partial charge in [0.25, 0.3) is 0 Å². The van der Waals surface area contributed by atoms with Gasteiger partial charge >= 0.3 is 12.1 Å². The van der Waals surface area contributed by atoms with E-state index in [1.54, 1.807) is 31.7 Å². The number of aromatic nitrogens is 4. The molecule has 3 aliphatic rings. The van der Waals surface area contributed by atoms with Gasteiger partial charge in [0.15, 0.2) is 11.5 Å². The number of fused-ring (bicyclic) bond motifs is 3. The number of piperazine rings is 1. The Bertz CT molecular complexity index is 1970. The quantitative estimate of drug-likeness (QED) is 0.307. The highest BCUT2D eigenvalue weighted by atomic mass is 19.1. The molecule has 14 heteroatoms. The summed E-state index contributed by atoms with van der Waals surface area (Å²) in [7, 11) is 0. The van der Waals surface area contributed by atoms with Crippen LogP contribution in [0.1, 0.15) is 47.0 Å². The lowest BCUT2D eigenvalue weighted by molar-refractivity contribution is 0.0218. The number of rotatable bonds is 5. The summed E-state index contributed by atoms with van der Waals surface area (Å²) in [5.74, 6) is -1.11. The maximum absolute atomic E-state index is 16.1. The Morgan fingerprint density at radius 3 is 2.67 bits per heavy atom. The molecule has 1 aromatic carbocycles. The smallest absolute Gasteiger partial charge is 0.410 e. The van der Waals surface area contributed by atoms with E-state index in [1.807, 2.05) is 11.8 Å². The summed E-state index contributed by atoms with van der Waals surface area (Å²) in [6.07, 6.45) is 0.695. The number of carbonyl (C=O) groups is 1. The number of hydrogen-bond acceptors (Lipinski definition) is 9. The molecule has 3 fully saturated rings. The molecule has 3 saturated heterocycles. The molecular weight excluding hydrogens is 627 g/mol. The van der Waals surface area contributed by atoms with E-state index in [1.165, 1.54) is 24.3 Å². The average Bonchev–Trinajstić information content (AvgIpc) is 3.54. The Balaban J connectivity index is 1.30. The van der Waals surface area contributed by atoms with Gasteiger partial charge in [0.1, 0.15) is 35.7 Å². The molecule has 0 radical (unpaired) electrons. The van der Waals surface area contributed by atoms with Crippen LogP contribution in [-0.4, -0.2) is 98.5 Å². The van der Waals surface area contributed by atoms with Crippen molar-refractivity contribution in [3.63, 3.8) is 0 Å². The molecule has 6 heterocycles. The number of halogens is 3. The van der Waals surface area contributed by atoms with Crippen molar-refractivity contribution < 1.29 is 27.4 Å². The molecule has 3 aliphatic heterocycles. The van der Waals surface area contributed by atoms with Gasteiger partial charge in [0.2, 0.25) is 5.56 Å². The van der Waals surface area contributed by atoms with Gasteiger partial charge in [-0.3, -0.25) is 9.69 Å². The molecule has 11 nitrogen and oxygen atoms in total. The first-order valence-electron chi connectivity index (χ1n) is 16.3. The van der Waals surface area contributed by atoms with Crippen LogP contribution in [0.25, 0.3) is 33.2 Å². The third kappa shape index (κ3) is 5.90. The van der Waals surface area contributed by atoms with Crippen LogP contribution >= 0.6 is 0 Å². The Hall–Kier alpha value is -4.46. The van der Waals surface area contributed by atoms with E-state index in [9.17, 15) is 14.0 Å². The predicted octanol–water partition coefficient (Wildman–Crippen LogP) is 5.21. The zero-order chi connectivity index (χ0) is 34.0. The number of nitrogens with zero attached hydrogens (tertiary/aromatic N) is 6. The molecule has 3 atom stereocenters. The van der Waals surface area contributed by atoms with Gasteiger partial charge in [-0.15, -0.1) is 0 Å². The van der Waals surface area contributed by atoms with E-state index in [2.05, 4.69) is 19.9 Å². The number of ether oxygens (including phenoxy) is 2. The lowest BCUT2D eigenvalue weighted by Gasteiger charge is -2.41. The number of carbonyl (C=O) groups excluding carboxylic acids is 1. The van der Waals surface area contributed by atoms with Crippen molar-refractivity contribution in [2.24, 2.45) is 0 Å². The molecule has 3 aromatic heterocycles. The molecular formula is C34H38F3N7O4. The minimum absolute atomic E-state index is 0.0166. The van der Waals surface area contributed by atoms with Crippen LogP contribution in [0.5, 0.6) is 6.01 Å². The lowest BCUT2D eigenvalue weighted by atomic mass is 9.95. The highest BCUT2D eigenvalue weighted by molar-refractivity contribution is 5.96. The third-order valence-corrected chi connectivity index (χ3v) is 9.45. The highest BCUT2D eigenvalue weighted by Crippen LogP contribution is 2.41. The summed E-state index contributed by atoms with van der Waals surface area (Å²) < 4.78 is 57.5. The Morgan fingerprint density at radius 1 is 1.08 bits per heavy atom. The Labute approximate surface area is 275 Å².